The van der Waals surface area contributed by atoms with Crippen molar-refractivity contribution in [2.45, 2.75) is 61.2 Å². The fraction of sp³-hybridized carbons (Fsp3) is 0.571. The molecule has 3 nitrogen and oxygen atoms in total. The molecule has 0 bridgehead atoms. The second kappa shape index (κ2) is 15.0. The van der Waals surface area contributed by atoms with Gasteiger partial charge in [-0.25, -0.2) is 0 Å². The van der Waals surface area contributed by atoms with Gasteiger partial charge in [0.2, 0.25) is 0 Å². The summed E-state index contributed by atoms with van der Waals surface area (Å²) < 4.78 is 6.14. The van der Waals surface area contributed by atoms with Crippen molar-refractivity contribution in [3.63, 3.8) is 0 Å². The number of fused-ring (bicyclic) bond motifs is 3. The minimum atomic E-state index is 0. The summed E-state index contributed by atoms with van der Waals surface area (Å²) in [5.41, 5.74) is 2.02. The Labute approximate surface area is 231 Å². The van der Waals surface area contributed by atoms with E-state index >= 15 is 0 Å². The van der Waals surface area contributed by atoms with Gasteiger partial charge in [-0.05, 0) is 126 Å². The number of thioether (sulfide) groups is 2. The van der Waals surface area contributed by atoms with Crippen molar-refractivity contribution in [1.29, 1.82) is 0 Å². The second-order valence-electron chi connectivity index (χ2n) is 9.63. The van der Waals surface area contributed by atoms with Crippen molar-refractivity contribution in [2.24, 2.45) is 0 Å². The van der Waals surface area contributed by atoms with Crippen LogP contribution in [0.4, 0.5) is 0 Å². The minimum absolute atomic E-state index is 0. The van der Waals surface area contributed by atoms with E-state index < -0.39 is 0 Å². The van der Waals surface area contributed by atoms with Gasteiger partial charge in [-0.2, -0.15) is 0 Å². The average molecular weight is 556 g/mol. The molecule has 0 atom stereocenters. The number of halogens is 2. The number of rotatable bonds is 10. The first-order chi connectivity index (χ1) is 16.3. The molecule has 1 aromatic heterocycles. The standard InChI is InChI=1S/C28H38N2OS2.2ClH/c1-3-13-29(14-4-1)17-7-19-32-23-9-11-27-25(21-23)26-22-24(10-12-28(26)31-27)33-20-8-18-30-15-5-2-6-16-30;;/h9-12,21-22H,1-8,13-20H2;2*1H. The topological polar surface area (TPSA) is 19.6 Å². The number of piperidine rings is 2. The van der Waals surface area contributed by atoms with Crippen LogP contribution in [0.5, 0.6) is 0 Å². The fourth-order valence-electron chi connectivity index (χ4n) is 5.24. The predicted molar refractivity (Wildman–Crippen MR) is 159 cm³/mol. The van der Waals surface area contributed by atoms with Gasteiger partial charge >= 0.3 is 0 Å². The number of hydrogen-bond acceptors (Lipinski definition) is 5. The van der Waals surface area contributed by atoms with Gasteiger partial charge in [0.1, 0.15) is 11.2 Å². The van der Waals surface area contributed by atoms with Gasteiger partial charge in [0.05, 0.1) is 0 Å². The van der Waals surface area contributed by atoms with Crippen LogP contribution < -0.4 is 0 Å². The molecule has 7 heteroatoms. The molecule has 0 spiro atoms. The Kier molecular flexibility index (Phi) is 12.4. The Hall–Kier alpha value is -0.560. The smallest absolute Gasteiger partial charge is 0.135 e. The van der Waals surface area contributed by atoms with Crippen LogP contribution in [0.25, 0.3) is 21.9 Å². The summed E-state index contributed by atoms with van der Waals surface area (Å²) in [7, 11) is 0. The van der Waals surface area contributed by atoms with E-state index in [1.807, 2.05) is 23.5 Å². The lowest BCUT2D eigenvalue weighted by Crippen LogP contribution is -2.30. The summed E-state index contributed by atoms with van der Waals surface area (Å²) in [5.74, 6) is 2.38. The zero-order valence-electron chi connectivity index (χ0n) is 20.7. The lowest BCUT2D eigenvalue weighted by Gasteiger charge is -2.26. The highest BCUT2D eigenvalue weighted by atomic mass is 35.5. The monoisotopic (exact) mass is 554 g/mol. The van der Waals surface area contributed by atoms with Crippen molar-refractivity contribution < 1.29 is 4.42 Å². The third-order valence-corrected chi connectivity index (χ3v) is 9.24. The SMILES string of the molecule is Cl.Cl.c1cc2oc3ccc(SCCCN4CCCCC4)cc3c2cc1SCCCN1CCCCC1. The summed E-state index contributed by atoms with van der Waals surface area (Å²) in [6.07, 6.45) is 10.9. The van der Waals surface area contributed by atoms with E-state index in [1.165, 1.54) is 123 Å². The predicted octanol–water partition coefficient (Wildman–Crippen LogP) is 8.37. The van der Waals surface area contributed by atoms with E-state index in [1.54, 1.807) is 0 Å². The molecule has 2 fully saturated rings. The summed E-state index contributed by atoms with van der Waals surface area (Å²) in [6.45, 7) is 7.71. The van der Waals surface area contributed by atoms with Gasteiger partial charge in [0.15, 0.2) is 0 Å². The highest BCUT2D eigenvalue weighted by molar-refractivity contribution is 7.99. The molecule has 0 amide bonds. The molecule has 2 aliphatic heterocycles. The number of hydrogen-bond donors (Lipinski definition) is 0. The summed E-state index contributed by atoms with van der Waals surface area (Å²) in [4.78, 5) is 8.01. The Balaban J connectivity index is 0.00000171. The maximum Gasteiger partial charge on any atom is 0.135 e. The van der Waals surface area contributed by atoms with Gasteiger partial charge in [-0.3, -0.25) is 0 Å². The molecule has 194 valence electrons. The maximum atomic E-state index is 6.14. The molecule has 0 N–H and O–H groups in total. The zero-order chi connectivity index (χ0) is 22.3. The molecule has 0 saturated carbocycles. The minimum Gasteiger partial charge on any atom is -0.456 e. The molecule has 2 saturated heterocycles. The Morgan fingerprint density at radius 1 is 0.600 bits per heavy atom. The van der Waals surface area contributed by atoms with E-state index in [2.05, 4.69) is 46.2 Å². The van der Waals surface area contributed by atoms with E-state index in [0.717, 1.165) is 11.2 Å². The van der Waals surface area contributed by atoms with E-state index in [9.17, 15) is 0 Å². The molecule has 0 aliphatic carbocycles. The molecule has 2 aromatic carbocycles. The third-order valence-electron chi connectivity index (χ3n) is 7.08. The average Bonchev–Trinajstić information content (AvgIpc) is 3.23. The lowest BCUT2D eigenvalue weighted by atomic mass is 10.1. The largest absolute Gasteiger partial charge is 0.456 e. The van der Waals surface area contributed by atoms with E-state index in [4.69, 9.17) is 4.42 Å². The molecule has 2 aliphatic rings. The van der Waals surface area contributed by atoms with Gasteiger partial charge in [-0.15, -0.1) is 48.3 Å². The first kappa shape index (κ1) is 29.0. The Morgan fingerprint density at radius 3 is 1.46 bits per heavy atom. The van der Waals surface area contributed by atoms with Gasteiger partial charge in [-0.1, -0.05) is 12.8 Å². The third kappa shape index (κ3) is 8.21. The molecule has 0 unspecified atom stereocenters. The normalized spacial score (nSPS) is 17.4. The van der Waals surface area contributed by atoms with Crippen molar-refractivity contribution in [2.75, 3.05) is 50.8 Å². The Bertz CT molecular complexity index is 952. The summed E-state index contributed by atoms with van der Waals surface area (Å²) in [6, 6.07) is 13.5. The Morgan fingerprint density at radius 2 is 1.03 bits per heavy atom. The van der Waals surface area contributed by atoms with Crippen molar-refractivity contribution in [1.82, 2.24) is 9.80 Å². The van der Waals surface area contributed by atoms with Crippen LogP contribution in [0.15, 0.2) is 50.6 Å². The first-order valence-electron chi connectivity index (χ1n) is 13.0. The number of likely N-dealkylation sites (tertiary alicyclic amines) is 2. The quantitative estimate of drug-likeness (QED) is 0.184. The van der Waals surface area contributed by atoms with Crippen molar-refractivity contribution in [3.05, 3.63) is 36.4 Å². The molecule has 5 rings (SSSR count). The lowest BCUT2D eigenvalue weighted by molar-refractivity contribution is 0.230. The molecule has 3 aromatic rings. The summed E-state index contributed by atoms with van der Waals surface area (Å²) >= 11 is 3.98. The van der Waals surface area contributed by atoms with Crippen LogP contribution in [0.1, 0.15) is 51.4 Å². The maximum absolute atomic E-state index is 6.14. The van der Waals surface area contributed by atoms with Crippen LogP contribution in [0.2, 0.25) is 0 Å². The molecule has 3 heterocycles. The van der Waals surface area contributed by atoms with E-state index in [-0.39, 0.29) is 24.8 Å². The van der Waals surface area contributed by atoms with Crippen LogP contribution >= 0.6 is 48.3 Å². The van der Waals surface area contributed by atoms with Gasteiger partial charge in [0.25, 0.3) is 0 Å². The van der Waals surface area contributed by atoms with Crippen LogP contribution in [0, 0.1) is 0 Å². The number of nitrogens with zero attached hydrogens (tertiary/aromatic N) is 2. The summed E-state index contributed by atoms with van der Waals surface area (Å²) in [5, 5.41) is 2.53. The highest BCUT2D eigenvalue weighted by Gasteiger charge is 2.12. The van der Waals surface area contributed by atoms with Crippen LogP contribution in [-0.2, 0) is 0 Å². The fourth-order valence-corrected chi connectivity index (χ4v) is 6.99. The molecule has 0 radical (unpaired) electrons. The zero-order valence-corrected chi connectivity index (χ0v) is 24.0. The van der Waals surface area contributed by atoms with E-state index in [0.29, 0.717) is 0 Å². The van der Waals surface area contributed by atoms with Crippen molar-refractivity contribution in [3.8, 4) is 0 Å². The molecule has 35 heavy (non-hydrogen) atoms. The second-order valence-corrected chi connectivity index (χ2v) is 12.0. The molecular formula is C28H40Cl2N2OS2. The van der Waals surface area contributed by atoms with Gasteiger partial charge in [0, 0.05) is 20.6 Å². The van der Waals surface area contributed by atoms with Gasteiger partial charge < -0.3 is 14.2 Å². The first-order valence-corrected chi connectivity index (χ1v) is 15.0. The number of benzene rings is 2. The molecular weight excluding hydrogens is 515 g/mol. The number of furan rings is 1. The van der Waals surface area contributed by atoms with Crippen LogP contribution in [-0.4, -0.2) is 60.6 Å². The van der Waals surface area contributed by atoms with Crippen LogP contribution in [0.3, 0.4) is 0 Å². The highest BCUT2D eigenvalue weighted by Crippen LogP contribution is 2.34. The van der Waals surface area contributed by atoms with Crippen molar-refractivity contribution >= 4 is 70.3 Å².